The van der Waals surface area contributed by atoms with Gasteiger partial charge < -0.3 is 4.90 Å². The number of benzene rings is 1. The molecule has 0 fully saturated rings. The molecule has 0 N–H and O–H groups in total. The average molecular weight is 269 g/mol. The fourth-order valence-electron chi connectivity index (χ4n) is 1.77. The first kappa shape index (κ1) is 12.7. The monoisotopic (exact) mass is 269 g/mol. The van der Waals surface area contributed by atoms with Crippen molar-refractivity contribution in [2.75, 3.05) is 38.3 Å². The van der Waals surface area contributed by atoms with Gasteiger partial charge in [0.25, 0.3) is 0 Å². The maximum Gasteiger partial charge on any atom is 0.122 e. The summed E-state index contributed by atoms with van der Waals surface area (Å²) in [7, 11) is 4.14. The van der Waals surface area contributed by atoms with E-state index in [4.69, 9.17) is 0 Å². The molecule has 0 unspecified atom stereocenters. The molecule has 0 amide bonds. The molecule has 0 atom stereocenters. The molecular formula is C11H15N3OS2. The van der Waals surface area contributed by atoms with E-state index in [2.05, 4.69) is 34.5 Å². The molecule has 1 heterocycles. The zero-order valence-electron chi connectivity index (χ0n) is 10.1. The number of thioether (sulfide) groups is 1. The van der Waals surface area contributed by atoms with Gasteiger partial charge >= 0.3 is 0 Å². The molecule has 1 aromatic rings. The van der Waals surface area contributed by atoms with Crippen LogP contribution in [-0.4, -0.2) is 37.7 Å². The number of anilines is 1. The van der Waals surface area contributed by atoms with Gasteiger partial charge in [-0.25, -0.2) is 4.31 Å². The van der Waals surface area contributed by atoms with Crippen molar-refractivity contribution < 1.29 is 0 Å². The van der Waals surface area contributed by atoms with E-state index in [1.165, 1.54) is 5.69 Å². The van der Waals surface area contributed by atoms with Gasteiger partial charge in [0.2, 0.25) is 0 Å². The minimum Gasteiger partial charge on any atom is -0.372 e. The molecule has 0 saturated carbocycles. The minimum absolute atomic E-state index is 0.535. The summed E-state index contributed by atoms with van der Waals surface area (Å²) < 4.78 is 2.18. The number of fused-ring (bicyclic) bond motifs is 1. The molecule has 6 heteroatoms. The van der Waals surface area contributed by atoms with Crippen molar-refractivity contribution in [2.24, 2.45) is 5.18 Å². The van der Waals surface area contributed by atoms with Crippen LogP contribution >= 0.6 is 23.7 Å². The van der Waals surface area contributed by atoms with Gasteiger partial charge in [0.1, 0.15) is 5.69 Å². The van der Waals surface area contributed by atoms with Crippen molar-refractivity contribution >= 4 is 35.1 Å². The second-order valence-electron chi connectivity index (χ2n) is 3.95. The highest BCUT2D eigenvalue weighted by Gasteiger charge is 2.19. The number of nitrogens with zero attached hydrogens (tertiary/aromatic N) is 3. The lowest BCUT2D eigenvalue weighted by Crippen LogP contribution is -2.24. The molecule has 0 bridgehead atoms. The maximum atomic E-state index is 10.8. The number of hydrogen-bond acceptors (Lipinski definition) is 6. The quantitative estimate of drug-likeness (QED) is 0.468. The molecule has 4 nitrogen and oxygen atoms in total. The Hall–Kier alpha value is -0.720. The van der Waals surface area contributed by atoms with Crippen LogP contribution in [0.3, 0.4) is 0 Å². The summed E-state index contributed by atoms with van der Waals surface area (Å²) in [6.45, 7) is 1.98. The van der Waals surface area contributed by atoms with Gasteiger partial charge in [-0.3, -0.25) is 0 Å². The Morgan fingerprint density at radius 3 is 2.76 bits per heavy atom. The van der Waals surface area contributed by atoms with E-state index in [1.807, 2.05) is 12.3 Å². The van der Waals surface area contributed by atoms with Gasteiger partial charge in [-0.15, -0.1) is 16.7 Å². The second-order valence-corrected chi connectivity index (χ2v) is 6.04. The maximum absolute atomic E-state index is 10.8. The van der Waals surface area contributed by atoms with Crippen LogP contribution in [0.25, 0.3) is 0 Å². The van der Waals surface area contributed by atoms with Crippen molar-refractivity contribution in [1.82, 2.24) is 4.31 Å². The minimum atomic E-state index is 0.535. The van der Waals surface area contributed by atoms with Gasteiger partial charge in [0.05, 0.1) is 5.69 Å². The van der Waals surface area contributed by atoms with Crippen molar-refractivity contribution in [3.8, 4) is 0 Å². The first-order chi connectivity index (χ1) is 8.15. The van der Waals surface area contributed by atoms with Crippen LogP contribution in [0.5, 0.6) is 0 Å². The van der Waals surface area contributed by atoms with E-state index in [1.54, 1.807) is 23.7 Å². The summed E-state index contributed by atoms with van der Waals surface area (Å²) >= 11 is 3.23. The second kappa shape index (κ2) is 5.29. The number of rotatable bonds is 2. The SMILES string of the molecule is CSc1cc2c(cc1N=O)SN(C)CCN2C. The summed E-state index contributed by atoms with van der Waals surface area (Å²) in [6, 6.07) is 3.94. The Morgan fingerprint density at radius 2 is 2.12 bits per heavy atom. The van der Waals surface area contributed by atoms with E-state index in [0.29, 0.717) is 5.69 Å². The van der Waals surface area contributed by atoms with Gasteiger partial charge in [0.15, 0.2) is 0 Å². The largest absolute Gasteiger partial charge is 0.372 e. The standard InChI is InChI=1S/C11H15N3OS2/c1-13-4-5-14(2)17-11-6-8(12-15)10(16-3)7-9(11)13/h6-7H,4-5H2,1-3H3. The van der Waals surface area contributed by atoms with Crippen LogP contribution in [0.15, 0.2) is 27.1 Å². The van der Waals surface area contributed by atoms with Crippen molar-refractivity contribution in [2.45, 2.75) is 9.79 Å². The topological polar surface area (TPSA) is 35.9 Å². The van der Waals surface area contributed by atoms with Crippen LogP contribution in [0, 0.1) is 4.91 Å². The Balaban J connectivity index is 2.51. The molecule has 0 radical (unpaired) electrons. The predicted octanol–water partition coefficient (Wildman–Crippen LogP) is 3.20. The number of nitroso groups, excluding NO2 is 1. The third kappa shape index (κ3) is 2.59. The summed E-state index contributed by atoms with van der Waals surface area (Å²) in [5, 5.41) is 3.11. The number of hydrogen-bond donors (Lipinski definition) is 0. The average Bonchev–Trinajstić information content (AvgIpc) is 2.47. The Labute approximate surface area is 110 Å². The lowest BCUT2D eigenvalue weighted by Gasteiger charge is -2.19. The van der Waals surface area contributed by atoms with E-state index < -0.39 is 0 Å². The van der Waals surface area contributed by atoms with Gasteiger partial charge in [-0.2, -0.15) is 0 Å². The van der Waals surface area contributed by atoms with Crippen molar-refractivity contribution in [3.63, 3.8) is 0 Å². The van der Waals surface area contributed by atoms with Crippen LogP contribution in [0.1, 0.15) is 0 Å². The molecule has 1 aliphatic heterocycles. The number of likely N-dealkylation sites (N-methyl/N-ethyl adjacent to an activating group) is 2. The highest BCUT2D eigenvalue weighted by Crippen LogP contribution is 2.41. The highest BCUT2D eigenvalue weighted by molar-refractivity contribution is 7.98. The van der Waals surface area contributed by atoms with Crippen LogP contribution in [0.4, 0.5) is 11.4 Å². The summed E-state index contributed by atoms with van der Waals surface area (Å²) in [5.74, 6) is 0. The molecule has 0 saturated heterocycles. The van der Waals surface area contributed by atoms with Crippen molar-refractivity contribution in [3.05, 3.63) is 17.0 Å². The lowest BCUT2D eigenvalue weighted by atomic mass is 10.2. The molecular weight excluding hydrogens is 254 g/mol. The van der Waals surface area contributed by atoms with E-state index in [9.17, 15) is 4.91 Å². The van der Waals surface area contributed by atoms with Crippen molar-refractivity contribution in [1.29, 1.82) is 0 Å². The normalized spacial score (nSPS) is 16.5. The Morgan fingerprint density at radius 1 is 1.35 bits per heavy atom. The third-order valence-corrected chi connectivity index (χ3v) is 4.56. The summed E-state index contributed by atoms with van der Waals surface area (Å²) in [6.07, 6.45) is 1.96. The Bertz CT molecular complexity index is 439. The molecule has 1 aliphatic rings. The fourth-order valence-corrected chi connectivity index (χ4v) is 3.29. The smallest absolute Gasteiger partial charge is 0.122 e. The predicted molar refractivity (Wildman–Crippen MR) is 75.4 cm³/mol. The zero-order chi connectivity index (χ0) is 12.4. The molecule has 92 valence electrons. The van der Waals surface area contributed by atoms with Gasteiger partial charge in [-0.1, -0.05) is 0 Å². The first-order valence-corrected chi connectivity index (χ1v) is 7.31. The molecule has 0 aromatic heterocycles. The lowest BCUT2D eigenvalue weighted by molar-refractivity contribution is 0.575. The molecule has 2 rings (SSSR count). The van der Waals surface area contributed by atoms with Gasteiger partial charge in [-0.05, 0) is 42.6 Å². The molecule has 0 aliphatic carbocycles. The summed E-state index contributed by atoms with van der Waals surface area (Å²) in [5.41, 5.74) is 1.71. The zero-order valence-corrected chi connectivity index (χ0v) is 11.8. The van der Waals surface area contributed by atoms with Crippen LogP contribution in [-0.2, 0) is 0 Å². The highest BCUT2D eigenvalue weighted by atomic mass is 32.2. The Kier molecular flexibility index (Phi) is 3.96. The molecule has 0 spiro atoms. The first-order valence-electron chi connectivity index (χ1n) is 5.31. The van der Waals surface area contributed by atoms with Crippen LogP contribution < -0.4 is 4.90 Å². The van der Waals surface area contributed by atoms with E-state index >= 15 is 0 Å². The fraction of sp³-hybridized carbons (Fsp3) is 0.455. The van der Waals surface area contributed by atoms with E-state index in [-0.39, 0.29) is 0 Å². The molecule has 17 heavy (non-hydrogen) atoms. The van der Waals surface area contributed by atoms with Gasteiger partial charge in [0, 0.05) is 29.9 Å². The third-order valence-electron chi connectivity index (χ3n) is 2.77. The van der Waals surface area contributed by atoms with E-state index in [0.717, 1.165) is 22.9 Å². The molecule has 1 aromatic carbocycles. The summed E-state index contributed by atoms with van der Waals surface area (Å²) in [4.78, 5) is 15.1. The van der Waals surface area contributed by atoms with Crippen LogP contribution in [0.2, 0.25) is 0 Å².